The fraction of sp³-hybridized carbons (Fsp3) is 0.333. The van der Waals surface area contributed by atoms with E-state index in [-0.39, 0.29) is 35.2 Å². The summed E-state index contributed by atoms with van der Waals surface area (Å²) in [6.45, 7) is 2.12. The molecule has 2 heterocycles. The van der Waals surface area contributed by atoms with Crippen LogP contribution in [0, 0.1) is 6.92 Å². The Balaban J connectivity index is 1.42. The van der Waals surface area contributed by atoms with Gasteiger partial charge in [0, 0.05) is 36.5 Å². The normalized spacial score (nSPS) is 13.6. The van der Waals surface area contributed by atoms with E-state index in [9.17, 15) is 19.5 Å². The van der Waals surface area contributed by atoms with Gasteiger partial charge in [0.2, 0.25) is 5.91 Å². The first-order valence-electron chi connectivity index (χ1n) is 9.63. The number of aromatic nitrogens is 3. The number of amides is 1. The lowest BCUT2D eigenvalue weighted by Gasteiger charge is -2.10. The van der Waals surface area contributed by atoms with Crippen LogP contribution < -0.4 is 16.4 Å². The number of pyridine rings is 1. The minimum Gasteiger partial charge on any atom is -0.508 e. The fourth-order valence-electron chi connectivity index (χ4n) is 3.45. The molecular weight excluding hydrogens is 372 g/mol. The first-order chi connectivity index (χ1) is 13.9. The van der Waals surface area contributed by atoms with Crippen molar-refractivity contribution in [3.05, 3.63) is 63.1 Å². The molecule has 0 unspecified atom stereocenters. The van der Waals surface area contributed by atoms with Crippen LogP contribution in [0.25, 0.3) is 10.9 Å². The molecule has 0 aliphatic heterocycles. The SMILES string of the molecule is Cc1cc(O)cc(=O)n1CCCC(=O)Nc1ccc2ncn(C3CC3)c(=O)c2c1. The zero-order valence-corrected chi connectivity index (χ0v) is 16.1. The number of hydrogen-bond donors (Lipinski definition) is 2. The summed E-state index contributed by atoms with van der Waals surface area (Å²) in [5, 5.41) is 12.7. The van der Waals surface area contributed by atoms with Gasteiger partial charge in [-0.25, -0.2) is 4.98 Å². The van der Waals surface area contributed by atoms with Crippen LogP contribution in [-0.4, -0.2) is 25.1 Å². The molecule has 0 saturated heterocycles. The highest BCUT2D eigenvalue weighted by Crippen LogP contribution is 2.33. The third-order valence-electron chi connectivity index (χ3n) is 5.11. The molecule has 29 heavy (non-hydrogen) atoms. The van der Waals surface area contributed by atoms with Gasteiger partial charge in [0.1, 0.15) is 5.75 Å². The van der Waals surface area contributed by atoms with Crippen LogP contribution in [0.15, 0.2) is 46.2 Å². The van der Waals surface area contributed by atoms with Gasteiger partial charge in [-0.1, -0.05) is 0 Å². The Bertz CT molecular complexity index is 1210. The van der Waals surface area contributed by atoms with Crippen molar-refractivity contribution >= 4 is 22.5 Å². The molecule has 1 fully saturated rings. The first-order valence-corrected chi connectivity index (χ1v) is 9.63. The zero-order valence-electron chi connectivity index (χ0n) is 16.1. The van der Waals surface area contributed by atoms with Crippen molar-refractivity contribution in [2.75, 3.05) is 5.32 Å². The van der Waals surface area contributed by atoms with E-state index in [0.29, 0.717) is 35.2 Å². The van der Waals surface area contributed by atoms with Gasteiger partial charge in [-0.2, -0.15) is 0 Å². The Morgan fingerprint density at radius 2 is 2.03 bits per heavy atom. The molecule has 0 atom stereocenters. The van der Waals surface area contributed by atoms with Crippen molar-refractivity contribution in [3.8, 4) is 5.75 Å². The predicted molar refractivity (Wildman–Crippen MR) is 109 cm³/mol. The number of carbonyl (C=O) groups is 1. The molecule has 1 amide bonds. The third kappa shape index (κ3) is 4.06. The van der Waals surface area contributed by atoms with Crippen LogP contribution in [0.2, 0.25) is 0 Å². The van der Waals surface area contributed by atoms with Crippen LogP contribution in [-0.2, 0) is 11.3 Å². The number of nitrogens with one attached hydrogen (secondary N) is 1. The van der Waals surface area contributed by atoms with E-state index in [4.69, 9.17) is 0 Å². The minimum atomic E-state index is -0.295. The fourth-order valence-corrected chi connectivity index (χ4v) is 3.45. The van der Waals surface area contributed by atoms with Crippen LogP contribution in [0.1, 0.15) is 37.4 Å². The lowest BCUT2D eigenvalue weighted by atomic mass is 10.2. The molecule has 0 bridgehead atoms. The molecular formula is C21H22N4O4. The lowest BCUT2D eigenvalue weighted by molar-refractivity contribution is -0.116. The van der Waals surface area contributed by atoms with Crippen LogP contribution in [0.3, 0.4) is 0 Å². The standard InChI is InChI=1S/C21H22N4O4/c1-13-9-16(26)11-20(28)24(13)8-2-3-19(27)23-14-4-7-18-17(10-14)21(29)25(12-22-18)15-5-6-15/h4,7,9-12,15,26H,2-3,5-6,8H2,1H3,(H,23,27). The average Bonchev–Trinajstić information content (AvgIpc) is 3.49. The van der Waals surface area contributed by atoms with E-state index < -0.39 is 0 Å². The highest BCUT2D eigenvalue weighted by atomic mass is 16.3. The van der Waals surface area contributed by atoms with Crippen molar-refractivity contribution in [2.45, 2.75) is 45.2 Å². The highest BCUT2D eigenvalue weighted by molar-refractivity contribution is 5.93. The number of benzene rings is 1. The van der Waals surface area contributed by atoms with Gasteiger partial charge in [0.15, 0.2) is 0 Å². The van der Waals surface area contributed by atoms with Gasteiger partial charge >= 0.3 is 0 Å². The van der Waals surface area contributed by atoms with Gasteiger partial charge in [0.05, 0.1) is 17.2 Å². The van der Waals surface area contributed by atoms with Gasteiger partial charge in [-0.3, -0.25) is 19.0 Å². The topological polar surface area (TPSA) is 106 Å². The molecule has 8 heteroatoms. The molecule has 1 saturated carbocycles. The van der Waals surface area contributed by atoms with Crippen LogP contribution >= 0.6 is 0 Å². The van der Waals surface area contributed by atoms with E-state index in [2.05, 4.69) is 10.3 Å². The zero-order chi connectivity index (χ0) is 20.5. The maximum atomic E-state index is 12.6. The second kappa shape index (κ2) is 7.54. The summed E-state index contributed by atoms with van der Waals surface area (Å²) in [5.74, 6) is -0.256. The summed E-state index contributed by atoms with van der Waals surface area (Å²) < 4.78 is 3.18. The molecule has 8 nitrogen and oxygen atoms in total. The number of fused-ring (bicyclic) bond motifs is 1. The number of nitrogens with zero attached hydrogens (tertiary/aromatic N) is 3. The van der Waals surface area contributed by atoms with Crippen molar-refractivity contribution in [1.82, 2.24) is 14.1 Å². The summed E-state index contributed by atoms with van der Waals surface area (Å²) >= 11 is 0. The van der Waals surface area contributed by atoms with E-state index in [1.165, 1.54) is 10.6 Å². The monoisotopic (exact) mass is 394 g/mol. The van der Waals surface area contributed by atoms with Crippen molar-refractivity contribution < 1.29 is 9.90 Å². The Morgan fingerprint density at radius 3 is 2.76 bits per heavy atom. The largest absolute Gasteiger partial charge is 0.508 e. The number of aryl methyl sites for hydroxylation is 1. The van der Waals surface area contributed by atoms with Gasteiger partial charge < -0.3 is 15.0 Å². The Hall–Kier alpha value is -3.42. The molecule has 150 valence electrons. The Labute approximate surface area is 166 Å². The molecule has 2 aromatic heterocycles. The van der Waals surface area contributed by atoms with Gasteiger partial charge in [-0.15, -0.1) is 0 Å². The quantitative estimate of drug-likeness (QED) is 0.667. The first kappa shape index (κ1) is 18.9. The highest BCUT2D eigenvalue weighted by Gasteiger charge is 2.25. The van der Waals surface area contributed by atoms with Crippen LogP contribution in [0.4, 0.5) is 5.69 Å². The van der Waals surface area contributed by atoms with E-state index >= 15 is 0 Å². The number of rotatable bonds is 6. The third-order valence-corrected chi connectivity index (χ3v) is 5.11. The Kier molecular flexibility index (Phi) is 4.92. The second-order valence-electron chi connectivity index (χ2n) is 7.42. The second-order valence-corrected chi connectivity index (χ2v) is 7.42. The van der Waals surface area contributed by atoms with E-state index in [1.54, 1.807) is 36.0 Å². The van der Waals surface area contributed by atoms with Gasteiger partial charge in [-0.05, 0) is 50.5 Å². The van der Waals surface area contributed by atoms with E-state index in [1.807, 2.05) is 0 Å². The molecule has 1 aliphatic rings. The molecule has 1 aliphatic carbocycles. The molecule has 3 aromatic rings. The average molecular weight is 394 g/mol. The maximum absolute atomic E-state index is 12.6. The maximum Gasteiger partial charge on any atom is 0.261 e. The van der Waals surface area contributed by atoms with Crippen molar-refractivity contribution in [2.24, 2.45) is 0 Å². The van der Waals surface area contributed by atoms with E-state index in [0.717, 1.165) is 18.9 Å². The number of aromatic hydroxyl groups is 1. The van der Waals surface area contributed by atoms with Gasteiger partial charge in [0.25, 0.3) is 11.1 Å². The molecule has 4 rings (SSSR count). The molecule has 0 radical (unpaired) electrons. The summed E-state index contributed by atoms with van der Waals surface area (Å²) in [4.78, 5) is 41.2. The number of anilines is 1. The minimum absolute atomic E-state index is 0.0620. The summed E-state index contributed by atoms with van der Waals surface area (Å²) in [7, 11) is 0. The summed E-state index contributed by atoms with van der Waals surface area (Å²) in [6, 6.07) is 8.02. The molecule has 1 aromatic carbocycles. The van der Waals surface area contributed by atoms with Crippen molar-refractivity contribution in [3.63, 3.8) is 0 Å². The number of hydrogen-bond acceptors (Lipinski definition) is 5. The lowest BCUT2D eigenvalue weighted by Crippen LogP contribution is -2.22. The molecule has 2 N–H and O–H groups in total. The molecule has 0 spiro atoms. The Morgan fingerprint density at radius 1 is 1.24 bits per heavy atom. The van der Waals surface area contributed by atoms with Crippen LogP contribution in [0.5, 0.6) is 5.75 Å². The number of carbonyl (C=O) groups excluding carboxylic acids is 1. The summed E-state index contributed by atoms with van der Waals surface area (Å²) in [5.41, 5.74) is 1.41. The summed E-state index contributed by atoms with van der Waals surface area (Å²) in [6.07, 6.45) is 4.28. The predicted octanol–water partition coefficient (Wildman–Crippen LogP) is 2.33. The van der Waals surface area contributed by atoms with Crippen molar-refractivity contribution in [1.29, 1.82) is 0 Å². The smallest absolute Gasteiger partial charge is 0.261 e.